The molecule has 0 saturated carbocycles. The van der Waals surface area contributed by atoms with Gasteiger partial charge in [0.15, 0.2) is 5.65 Å². The van der Waals surface area contributed by atoms with Crippen LogP contribution < -0.4 is 9.88 Å². The topological polar surface area (TPSA) is 119 Å². The zero-order chi connectivity index (χ0) is 25.3. The zero-order valence-electron chi connectivity index (χ0n) is 20.0. The predicted octanol–water partition coefficient (Wildman–Crippen LogP) is 4.15. The molecular weight excluding hydrogens is 476 g/mol. The Morgan fingerprint density at radius 3 is 2.47 bits per heavy atom. The predicted molar refractivity (Wildman–Crippen MR) is 141 cm³/mol. The van der Waals surface area contributed by atoms with Crippen LogP contribution in [0.2, 0.25) is 0 Å². The molecule has 0 aliphatic rings. The number of nitrogens with zero attached hydrogens (tertiary/aromatic N) is 5. The van der Waals surface area contributed by atoms with Crippen molar-refractivity contribution in [3.63, 3.8) is 0 Å². The Bertz CT molecular complexity index is 1580. The minimum Gasteiger partial charge on any atom is -0.478 e. The van der Waals surface area contributed by atoms with Crippen molar-refractivity contribution in [3.8, 4) is 28.1 Å². The van der Waals surface area contributed by atoms with Gasteiger partial charge in [0.25, 0.3) is 0 Å². The van der Waals surface area contributed by atoms with E-state index >= 15 is 0 Å². The monoisotopic (exact) mass is 503 g/mol. The molecule has 1 atom stereocenters. The van der Waals surface area contributed by atoms with Gasteiger partial charge < -0.3 is 9.64 Å². The van der Waals surface area contributed by atoms with E-state index < -0.39 is 10.4 Å². The minimum absolute atomic E-state index is 0.200. The highest BCUT2D eigenvalue weighted by atomic mass is 32.3. The highest BCUT2D eigenvalue weighted by molar-refractivity contribution is 7.95. The van der Waals surface area contributed by atoms with Gasteiger partial charge in [0, 0.05) is 53.3 Å². The van der Waals surface area contributed by atoms with Gasteiger partial charge in [-0.25, -0.2) is 14.5 Å². The first-order valence-corrected chi connectivity index (χ1v) is 13.0. The fraction of sp³-hybridized carbons (Fsp3) is 0.192. The van der Waals surface area contributed by atoms with Gasteiger partial charge >= 0.3 is 10.4 Å². The summed E-state index contributed by atoms with van der Waals surface area (Å²) in [6.45, 7) is 1.58. The number of aromatic nitrogens is 4. The lowest BCUT2D eigenvalue weighted by atomic mass is 10.00. The smallest absolute Gasteiger partial charge is 0.321 e. The number of benzene rings is 2. The number of hydrogen-bond acceptors (Lipinski definition) is 6. The van der Waals surface area contributed by atoms with Crippen LogP contribution in [0.15, 0.2) is 78.2 Å². The molecule has 3 aromatic heterocycles. The van der Waals surface area contributed by atoms with Gasteiger partial charge in [-0.1, -0.05) is 18.2 Å². The van der Waals surface area contributed by atoms with E-state index in [1.807, 2.05) is 50.6 Å². The highest BCUT2D eigenvalue weighted by Crippen LogP contribution is 2.35. The molecule has 0 fully saturated rings. The number of pyridine rings is 1. The van der Waals surface area contributed by atoms with Gasteiger partial charge in [-0.15, -0.1) is 5.14 Å². The van der Waals surface area contributed by atoms with E-state index in [-0.39, 0.29) is 4.90 Å². The third-order valence-electron chi connectivity index (χ3n) is 5.92. The van der Waals surface area contributed by atoms with Crippen molar-refractivity contribution in [2.45, 2.75) is 11.3 Å². The SMILES string of the molecule is CN(C)CCCOc1ccc(-c2cnc3c(-c4ccc([S+](N)(=O)O)c5ccccc45)cnn3c2)cn1. The third-order valence-corrected chi connectivity index (χ3v) is 6.90. The van der Waals surface area contributed by atoms with E-state index in [9.17, 15) is 8.76 Å². The normalized spacial score (nSPS) is 13.4. The van der Waals surface area contributed by atoms with Gasteiger partial charge in [0.05, 0.1) is 12.8 Å². The highest BCUT2D eigenvalue weighted by Gasteiger charge is 2.27. The lowest BCUT2D eigenvalue weighted by Gasteiger charge is -2.10. The van der Waals surface area contributed by atoms with Gasteiger partial charge in [0.1, 0.15) is 0 Å². The summed E-state index contributed by atoms with van der Waals surface area (Å²) in [6, 6.07) is 14.6. The van der Waals surface area contributed by atoms with Gasteiger partial charge in [-0.3, -0.25) is 0 Å². The lowest BCUT2D eigenvalue weighted by molar-refractivity contribution is 0.273. The van der Waals surface area contributed by atoms with Gasteiger partial charge in [0.2, 0.25) is 10.8 Å². The summed E-state index contributed by atoms with van der Waals surface area (Å²) < 4.78 is 29.6. The molecule has 5 aromatic rings. The second-order valence-corrected chi connectivity index (χ2v) is 10.4. The molecule has 3 heterocycles. The van der Waals surface area contributed by atoms with Crippen molar-refractivity contribution in [3.05, 3.63) is 73.3 Å². The Morgan fingerprint density at radius 1 is 0.972 bits per heavy atom. The van der Waals surface area contributed by atoms with Crippen molar-refractivity contribution in [1.82, 2.24) is 24.5 Å². The first-order valence-electron chi connectivity index (χ1n) is 11.4. The summed E-state index contributed by atoms with van der Waals surface area (Å²) in [5.41, 5.74) is 4.10. The molecule has 0 radical (unpaired) electrons. The first kappa shape index (κ1) is 24.0. The molecule has 1 unspecified atom stereocenters. The van der Waals surface area contributed by atoms with Crippen LogP contribution in [-0.4, -0.2) is 56.3 Å². The van der Waals surface area contributed by atoms with E-state index in [1.54, 1.807) is 41.3 Å². The Balaban J connectivity index is 1.44. The molecule has 36 heavy (non-hydrogen) atoms. The van der Waals surface area contributed by atoms with Crippen molar-refractivity contribution < 1.29 is 13.5 Å². The summed E-state index contributed by atoms with van der Waals surface area (Å²) in [4.78, 5) is 11.4. The Hall–Kier alpha value is -3.70. The van der Waals surface area contributed by atoms with Crippen molar-refractivity contribution in [2.75, 3.05) is 27.2 Å². The molecule has 3 N–H and O–H groups in total. The van der Waals surface area contributed by atoms with E-state index in [2.05, 4.69) is 20.0 Å². The van der Waals surface area contributed by atoms with Crippen molar-refractivity contribution >= 4 is 26.8 Å². The second-order valence-electron chi connectivity index (χ2n) is 8.78. The number of fused-ring (bicyclic) bond motifs is 2. The van der Waals surface area contributed by atoms with E-state index in [4.69, 9.17) is 9.88 Å². The van der Waals surface area contributed by atoms with Crippen LogP contribution in [-0.2, 0) is 14.6 Å². The third kappa shape index (κ3) is 4.84. The zero-order valence-corrected chi connectivity index (χ0v) is 20.9. The average molecular weight is 504 g/mol. The quantitative estimate of drug-likeness (QED) is 0.241. The Morgan fingerprint density at radius 2 is 1.75 bits per heavy atom. The van der Waals surface area contributed by atoms with E-state index in [0.29, 0.717) is 23.5 Å². The summed E-state index contributed by atoms with van der Waals surface area (Å²) in [5.74, 6) is 0.590. The van der Waals surface area contributed by atoms with E-state index in [1.165, 1.54) is 0 Å². The van der Waals surface area contributed by atoms with Gasteiger partial charge in [-0.05, 0) is 59.9 Å². The molecule has 10 heteroatoms. The molecule has 184 valence electrons. The molecule has 0 amide bonds. The summed E-state index contributed by atoms with van der Waals surface area (Å²) in [6.07, 6.45) is 8.13. The number of ether oxygens (including phenoxy) is 1. The maximum atomic E-state index is 12.2. The molecule has 0 saturated heterocycles. The molecule has 0 aliphatic carbocycles. The summed E-state index contributed by atoms with van der Waals surface area (Å²) in [5, 5.41) is 11.5. The van der Waals surface area contributed by atoms with Crippen LogP contribution in [0.25, 0.3) is 38.7 Å². The van der Waals surface area contributed by atoms with Gasteiger partial charge in [-0.2, -0.15) is 9.65 Å². The van der Waals surface area contributed by atoms with Crippen LogP contribution in [0.1, 0.15) is 6.42 Å². The molecule has 9 nitrogen and oxygen atoms in total. The first-order chi connectivity index (χ1) is 17.3. The number of nitrogens with two attached hydrogens (primary N) is 1. The standard InChI is InChI=1S/C26H26N6O3S/c1-31(2)12-5-13-35-25-11-8-18(14-28-25)19-15-29-26-23(16-30-32(26)17-19)21-9-10-24(36(27,33)34)22-7-4-3-6-20(21)22/h3-4,6-11,14-17H,5,12-13H2,1-2H3,(H2-,27,33,34)/p+1. The van der Waals surface area contributed by atoms with E-state index in [0.717, 1.165) is 40.6 Å². The molecule has 0 bridgehead atoms. The van der Waals surface area contributed by atoms with Crippen LogP contribution in [0.5, 0.6) is 5.88 Å². The average Bonchev–Trinajstić information content (AvgIpc) is 3.28. The number of hydrogen-bond donors (Lipinski definition) is 2. The fourth-order valence-electron chi connectivity index (χ4n) is 4.17. The molecule has 0 aliphatic heterocycles. The maximum absolute atomic E-state index is 12.2. The summed E-state index contributed by atoms with van der Waals surface area (Å²) in [7, 11) is 0.463. The maximum Gasteiger partial charge on any atom is 0.321 e. The molecule has 0 spiro atoms. The van der Waals surface area contributed by atoms with Crippen LogP contribution in [0, 0.1) is 0 Å². The van der Waals surface area contributed by atoms with Crippen LogP contribution in [0.4, 0.5) is 0 Å². The molecule has 5 rings (SSSR count). The molecular formula is C26H27N6O3S+. The largest absolute Gasteiger partial charge is 0.478 e. The van der Waals surface area contributed by atoms with Crippen LogP contribution >= 0.6 is 0 Å². The summed E-state index contributed by atoms with van der Waals surface area (Å²) >= 11 is 0. The van der Waals surface area contributed by atoms with Crippen molar-refractivity contribution in [1.29, 1.82) is 0 Å². The fourth-order valence-corrected chi connectivity index (χ4v) is 4.93. The van der Waals surface area contributed by atoms with Crippen molar-refractivity contribution in [2.24, 2.45) is 5.14 Å². The molecule has 2 aromatic carbocycles. The Kier molecular flexibility index (Phi) is 6.50. The second kappa shape index (κ2) is 9.75. The lowest BCUT2D eigenvalue weighted by Crippen LogP contribution is -2.20. The minimum atomic E-state index is -3.61. The van der Waals surface area contributed by atoms with Crippen LogP contribution in [0.3, 0.4) is 0 Å². The number of rotatable bonds is 8. The Labute approximate surface area is 209 Å².